The minimum atomic E-state index is -0.00602. The zero-order valence-corrected chi connectivity index (χ0v) is 14.8. The highest BCUT2D eigenvalue weighted by Gasteiger charge is 2.02. The molecule has 0 aliphatic carbocycles. The Hall–Kier alpha value is -0.530. The molecular weight excluding hydrogens is 260 g/mol. The van der Waals surface area contributed by atoms with Gasteiger partial charge in [0.05, 0.1) is 6.61 Å². The first-order valence-electron chi connectivity index (χ1n) is 9.36. The van der Waals surface area contributed by atoms with Crippen LogP contribution in [0.2, 0.25) is 0 Å². The van der Waals surface area contributed by atoms with Gasteiger partial charge in [0.1, 0.15) is 0 Å². The Bertz CT molecular complexity index is 226. The Kier molecular flexibility index (Phi) is 15.5. The average molecular weight is 299 g/mol. The van der Waals surface area contributed by atoms with Crippen molar-refractivity contribution in [1.82, 2.24) is 0 Å². The van der Waals surface area contributed by atoms with Crippen molar-refractivity contribution in [3.8, 4) is 0 Å². The van der Waals surface area contributed by atoms with Crippen molar-refractivity contribution in [3.05, 3.63) is 0 Å². The van der Waals surface area contributed by atoms with E-state index in [9.17, 15) is 4.79 Å². The number of carbonyl (C=O) groups is 1. The molecule has 126 valence electrons. The van der Waals surface area contributed by atoms with Crippen molar-refractivity contribution in [2.24, 2.45) is 5.92 Å². The van der Waals surface area contributed by atoms with E-state index in [0.29, 0.717) is 13.0 Å². The van der Waals surface area contributed by atoms with Gasteiger partial charge in [0.25, 0.3) is 0 Å². The zero-order valence-electron chi connectivity index (χ0n) is 14.8. The minimum Gasteiger partial charge on any atom is -0.466 e. The molecule has 0 N–H and O–H groups in total. The molecular formula is C19H38O2. The molecule has 0 saturated heterocycles. The summed E-state index contributed by atoms with van der Waals surface area (Å²) in [5.74, 6) is 0.899. The summed E-state index contributed by atoms with van der Waals surface area (Å²) in [6.07, 6.45) is 15.7. The molecule has 2 heteroatoms. The van der Waals surface area contributed by atoms with Gasteiger partial charge in [0.2, 0.25) is 0 Å². The van der Waals surface area contributed by atoms with Gasteiger partial charge in [-0.2, -0.15) is 0 Å². The van der Waals surface area contributed by atoms with E-state index in [-0.39, 0.29) is 5.97 Å². The molecule has 0 aromatic carbocycles. The van der Waals surface area contributed by atoms with Crippen molar-refractivity contribution in [2.45, 2.75) is 104 Å². The van der Waals surface area contributed by atoms with Crippen LogP contribution in [0.4, 0.5) is 0 Å². The van der Waals surface area contributed by atoms with E-state index in [1.54, 1.807) is 0 Å². The number of unbranched alkanes of at least 4 members (excludes halogenated alkanes) is 8. The van der Waals surface area contributed by atoms with Gasteiger partial charge in [-0.05, 0) is 18.8 Å². The molecule has 21 heavy (non-hydrogen) atoms. The van der Waals surface area contributed by atoms with Crippen molar-refractivity contribution in [1.29, 1.82) is 0 Å². The Labute approximate surface area is 133 Å². The Balaban J connectivity index is 3.13. The third kappa shape index (κ3) is 15.7. The van der Waals surface area contributed by atoms with E-state index in [1.165, 1.54) is 57.8 Å². The second kappa shape index (κ2) is 15.9. The van der Waals surface area contributed by atoms with Crippen molar-refractivity contribution < 1.29 is 9.53 Å². The molecule has 0 bridgehead atoms. The van der Waals surface area contributed by atoms with Gasteiger partial charge >= 0.3 is 5.97 Å². The topological polar surface area (TPSA) is 26.3 Å². The molecule has 0 aliphatic heterocycles. The molecule has 0 rings (SSSR count). The summed E-state index contributed by atoms with van der Waals surface area (Å²) in [5.41, 5.74) is 0. The Morgan fingerprint density at radius 1 is 0.857 bits per heavy atom. The normalized spacial score (nSPS) is 12.3. The van der Waals surface area contributed by atoms with Crippen molar-refractivity contribution in [2.75, 3.05) is 6.61 Å². The highest BCUT2D eigenvalue weighted by atomic mass is 16.5. The fourth-order valence-corrected chi connectivity index (χ4v) is 2.43. The highest BCUT2D eigenvalue weighted by molar-refractivity contribution is 5.69. The first-order chi connectivity index (χ1) is 10.2. The van der Waals surface area contributed by atoms with Crippen LogP contribution in [0.3, 0.4) is 0 Å². The Morgan fingerprint density at radius 3 is 2.00 bits per heavy atom. The summed E-state index contributed by atoms with van der Waals surface area (Å²) in [6.45, 7) is 7.35. The molecule has 0 fully saturated rings. The fraction of sp³-hybridized carbons (Fsp3) is 0.947. The second-order valence-electron chi connectivity index (χ2n) is 6.45. The molecule has 0 aliphatic rings. The third-order valence-corrected chi connectivity index (χ3v) is 4.29. The lowest BCUT2D eigenvalue weighted by Crippen LogP contribution is -2.05. The Morgan fingerprint density at radius 2 is 1.43 bits per heavy atom. The molecule has 1 atom stereocenters. The number of hydrogen-bond donors (Lipinski definition) is 0. The number of rotatable bonds is 15. The van der Waals surface area contributed by atoms with Crippen LogP contribution in [0.5, 0.6) is 0 Å². The standard InChI is InChI=1S/C19H38O2/c1-4-6-17-21-19(20)16-14-12-10-8-7-9-11-13-15-18(3)5-2/h18H,4-17H2,1-3H3. The highest BCUT2D eigenvalue weighted by Crippen LogP contribution is 2.15. The van der Waals surface area contributed by atoms with E-state index in [2.05, 4.69) is 20.8 Å². The monoisotopic (exact) mass is 298 g/mol. The predicted molar refractivity (Wildman–Crippen MR) is 91.5 cm³/mol. The zero-order chi connectivity index (χ0) is 15.8. The van der Waals surface area contributed by atoms with E-state index in [1.807, 2.05) is 0 Å². The van der Waals surface area contributed by atoms with E-state index >= 15 is 0 Å². The lowest BCUT2D eigenvalue weighted by molar-refractivity contribution is -0.143. The van der Waals surface area contributed by atoms with Gasteiger partial charge in [0, 0.05) is 6.42 Å². The average Bonchev–Trinajstić information content (AvgIpc) is 2.49. The summed E-state index contributed by atoms with van der Waals surface area (Å²) in [7, 11) is 0. The van der Waals surface area contributed by atoms with Crippen LogP contribution in [0.1, 0.15) is 104 Å². The van der Waals surface area contributed by atoms with E-state index < -0.39 is 0 Å². The van der Waals surface area contributed by atoms with Crippen LogP contribution >= 0.6 is 0 Å². The van der Waals surface area contributed by atoms with Crippen molar-refractivity contribution >= 4 is 5.97 Å². The SMILES string of the molecule is CCCCOC(=O)CCCCCCCCCCC(C)CC. The van der Waals surface area contributed by atoms with Crippen LogP contribution in [0.15, 0.2) is 0 Å². The fourth-order valence-electron chi connectivity index (χ4n) is 2.43. The van der Waals surface area contributed by atoms with Gasteiger partial charge < -0.3 is 4.74 Å². The van der Waals surface area contributed by atoms with Gasteiger partial charge in [-0.25, -0.2) is 0 Å². The molecule has 0 amide bonds. The molecule has 0 aromatic rings. The number of ether oxygens (including phenoxy) is 1. The van der Waals surface area contributed by atoms with Crippen LogP contribution in [0, 0.1) is 5.92 Å². The summed E-state index contributed by atoms with van der Waals surface area (Å²) in [6, 6.07) is 0. The second-order valence-corrected chi connectivity index (χ2v) is 6.45. The van der Waals surface area contributed by atoms with Gasteiger partial charge in [0.15, 0.2) is 0 Å². The summed E-state index contributed by atoms with van der Waals surface area (Å²) >= 11 is 0. The molecule has 0 radical (unpaired) electrons. The summed E-state index contributed by atoms with van der Waals surface area (Å²) in [4.78, 5) is 11.4. The van der Waals surface area contributed by atoms with E-state index in [4.69, 9.17) is 4.74 Å². The molecule has 0 aromatic heterocycles. The molecule has 2 nitrogen and oxygen atoms in total. The molecule has 0 heterocycles. The summed E-state index contributed by atoms with van der Waals surface area (Å²) < 4.78 is 5.14. The van der Waals surface area contributed by atoms with Gasteiger partial charge in [-0.3, -0.25) is 4.79 Å². The summed E-state index contributed by atoms with van der Waals surface area (Å²) in [5, 5.41) is 0. The first-order valence-corrected chi connectivity index (χ1v) is 9.36. The number of esters is 1. The third-order valence-electron chi connectivity index (χ3n) is 4.29. The number of hydrogen-bond acceptors (Lipinski definition) is 2. The van der Waals surface area contributed by atoms with Gasteiger partial charge in [-0.1, -0.05) is 85.0 Å². The maximum atomic E-state index is 11.4. The minimum absolute atomic E-state index is 0.00602. The first kappa shape index (κ1) is 20.5. The largest absolute Gasteiger partial charge is 0.466 e. The predicted octanol–water partition coefficient (Wildman–Crippen LogP) is 6.28. The smallest absolute Gasteiger partial charge is 0.305 e. The maximum Gasteiger partial charge on any atom is 0.305 e. The van der Waals surface area contributed by atoms with Crippen LogP contribution in [-0.4, -0.2) is 12.6 Å². The van der Waals surface area contributed by atoms with Crippen LogP contribution in [0.25, 0.3) is 0 Å². The maximum absolute atomic E-state index is 11.4. The van der Waals surface area contributed by atoms with Crippen LogP contribution in [-0.2, 0) is 9.53 Å². The van der Waals surface area contributed by atoms with Gasteiger partial charge in [-0.15, -0.1) is 0 Å². The quantitative estimate of drug-likeness (QED) is 0.263. The molecule has 1 unspecified atom stereocenters. The van der Waals surface area contributed by atoms with Crippen molar-refractivity contribution in [3.63, 3.8) is 0 Å². The molecule has 0 spiro atoms. The lowest BCUT2D eigenvalue weighted by Gasteiger charge is -2.07. The number of carbonyl (C=O) groups excluding carboxylic acids is 1. The molecule has 0 saturated carbocycles. The lowest BCUT2D eigenvalue weighted by atomic mass is 9.99. The van der Waals surface area contributed by atoms with E-state index in [0.717, 1.165) is 25.2 Å². The van der Waals surface area contributed by atoms with Crippen LogP contribution < -0.4 is 0 Å².